The van der Waals surface area contributed by atoms with E-state index in [-0.39, 0.29) is 17.2 Å². The van der Waals surface area contributed by atoms with Crippen molar-refractivity contribution in [3.8, 4) is 28.5 Å². The van der Waals surface area contributed by atoms with E-state index in [2.05, 4.69) is 20.1 Å². The zero-order chi connectivity index (χ0) is 19.6. The Kier molecular flexibility index (Phi) is 4.67. The molecule has 1 aromatic heterocycles. The van der Waals surface area contributed by atoms with Crippen molar-refractivity contribution in [2.45, 2.75) is 6.36 Å². The first-order valence-corrected chi connectivity index (χ1v) is 7.21. The first-order chi connectivity index (χ1) is 12.7. The van der Waals surface area contributed by atoms with Crippen molar-refractivity contribution in [1.82, 2.24) is 15.4 Å². The van der Waals surface area contributed by atoms with Gasteiger partial charge in [0.15, 0.2) is 11.6 Å². The summed E-state index contributed by atoms with van der Waals surface area (Å²) in [5.41, 5.74) is 0.239. The van der Waals surface area contributed by atoms with Gasteiger partial charge < -0.3 is 14.6 Å². The quantitative estimate of drug-likeness (QED) is 0.647. The maximum Gasteiger partial charge on any atom is 0.573 e. The van der Waals surface area contributed by atoms with E-state index >= 15 is 0 Å². The largest absolute Gasteiger partial charge is 0.573 e. The molecule has 0 unspecified atom stereocenters. The van der Waals surface area contributed by atoms with Crippen LogP contribution in [-0.4, -0.2) is 32.8 Å². The third-order valence-electron chi connectivity index (χ3n) is 3.26. The lowest BCUT2D eigenvalue weighted by molar-refractivity contribution is -0.275. The van der Waals surface area contributed by atoms with Crippen LogP contribution in [0.25, 0.3) is 11.1 Å². The Bertz CT molecular complexity index is 988. The first-order valence-electron chi connectivity index (χ1n) is 7.21. The number of carbonyl (C=O) groups is 1. The molecule has 0 atom stereocenters. The minimum absolute atomic E-state index is 0.178. The first kappa shape index (κ1) is 18.2. The fraction of sp³-hybridized carbons (Fsp3) is 0.0625. The van der Waals surface area contributed by atoms with Gasteiger partial charge in [0.1, 0.15) is 5.75 Å². The number of aromatic nitrogens is 3. The Hall–Kier alpha value is -3.63. The van der Waals surface area contributed by atoms with E-state index in [1.165, 1.54) is 24.3 Å². The molecule has 0 radical (unpaired) electrons. The minimum Gasteiger partial charge on any atom is -0.476 e. The van der Waals surface area contributed by atoms with Gasteiger partial charge in [-0.15, -0.1) is 18.3 Å². The van der Waals surface area contributed by atoms with Crippen molar-refractivity contribution in [3.63, 3.8) is 0 Å². The van der Waals surface area contributed by atoms with Gasteiger partial charge in [-0.3, -0.25) is 0 Å². The number of carboxylic acids is 1. The molecule has 11 heteroatoms. The van der Waals surface area contributed by atoms with Gasteiger partial charge in [0.05, 0.1) is 0 Å². The normalized spacial score (nSPS) is 11.3. The summed E-state index contributed by atoms with van der Waals surface area (Å²) in [6.07, 6.45) is -5.00. The second-order valence-corrected chi connectivity index (χ2v) is 5.12. The lowest BCUT2D eigenvalue weighted by Gasteiger charge is -2.11. The summed E-state index contributed by atoms with van der Waals surface area (Å²) in [5.74, 6) is -3.52. The molecule has 2 aromatic carbocycles. The van der Waals surface area contributed by atoms with Crippen LogP contribution in [-0.2, 0) is 0 Å². The van der Waals surface area contributed by atoms with E-state index in [1.54, 1.807) is 6.07 Å². The van der Waals surface area contributed by atoms with Gasteiger partial charge in [-0.1, -0.05) is 23.4 Å². The average Bonchev–Trinajstić information content (AvgIpc) is 3.04. The van der Waals surface area contributed by atoms with Gasteiger partial charge in [0.2, 0.25) is 5.69 Å². The summed E-state index contributed by atoms with van der Waals surface area (Å²) in [6.45, 7) is 0. The summed E-state index contributed by atoms with van der Waals surface area (Å²) >= 11 is 0. The molecule has 3 rings (SSSR count). The number of benzene rings is 2. The summed E-state index contributed by atoms with van der Waals surface area (Å²) in [6, 6.07) is 9.00. The van der Waals surface area contributed by atoms with Gasteiger partial charge in [-0.25, -0.2) is 14.3 Å². The minimum atomic E-state index is -5.00. The third-order valence-corrected chi connectivity index (χ3v) is 3.26. The Morgan fingerprint density at radius 1 is 1.11 bits per heavy atom. The number of aromatic amines is 1. The number of halogens is 4. The van der Waals surface area contributed by atoms with Crippen LogP contribution >= 0.6 is 0 Å². The maximum absolute atomic E-state index is 13.9. The lowest BCUT2D eigenvalue weighted by Crippen LogP contribution is -2.17. The fourth-order valence-electron chi connectivity index (χ4n) is 2.17. The summed E-state index contributed by atoms with van der Waals surface area (Å²) < 4.78 is 59.4. The van der Waals surface area contributed by atoms with E-state index in [1.807, 2.05) is 0 Å². The number of aromatic carboxylic acids is 1. The van der Waals surface area contributed by atoms with Crippen LogP contribution in [0.15, 0.2) is 42.5 Å². The highest BCUT2D eigenvalue weighted by Gasteiger charge is 2.32. The topological polar surface area (TPSA) is 97.3 Å². The molecular weight excluding hydrogens is 374 g/mol. The lowest BCUT2D eigenvalue weighted by atomic mass is 10.1. The zero-order valence-electron chi connectivity index (χ0n) is 13.1. The molecule has 0 spiro atoms. The highest BCUT2D eigenvalue weighted by molar-refractivity contribution is 5.87. The van der Waals surface area contributed by atoms with E-state index in [0.717, 1.165) is 12.1 Å². The van der Waals surface area contributed by atoms with Crippen LogP contribution in [0.1, 0.15) is 10.5 Å². The van der Waals surface area contributed by atoms with Crippen molar-refractivity contribution >= 4 is 5.97 Å². The monoisotopic (exact) mass is 383 g/mol. The van der Waals surface area contributed by atoms with E-state index in [9.17, 15) is 22.4 Å². The van der Waals surface area contributed by atoms with Crippen LogP contribution in [0.2, 0.25) is 0 Å². The van der Waals surface area contributed by atoms with Crippen LogP contribution in [0.4, 0.5) is 17.6 Å². The standard InChI is InChI=1S/C16H9F4N3O4/c17-11-7-9(4-5-12(11)27-16(18,19)20)8-2-1-3-10(6-8)26-14-13(15(24)25)21-23-22-14/h1-7H,(H,24,25)(H,21,22,23). The highest BCUT2D eigenvalue weighted by Crippen LogP contribution is 2.32. The number of nitrogens with one attached hydrogen (secondary N) is 1. The molecular formula is C16H9F4N3O4. The fourth-order valence-corrected chi connectivity index (χ4v) is 2.17. The van der Waals surface area contributed by atoms with Crippen molar-refractivity contribution in [1.29, 1.82) is 0 Å². The van der Waals surface area contributed by atoms with Gasteiger partial charge >= 0.3 is 12.3 Å². The molecule has 0 bridgehead atoms. The molecule has 1 heterocycles. The van der Waals surface area contributed by atoms with E-state index < -0.39 is 29.6 Å². The molecule has 0 fully saturated rings. The number of H-pyrrole nitrogens is 1. The Morgan fingerprint density at radius 2 is 1.85 bits per heavy atom. The Morgan fingerprint density at radius 3 is 2.52 bits per heavy atom. The molecule has 0 aliphatic rings. The third kappa shape index (κ3) is 4.32. The molecule has 27 heavy (non-hydrogen) atoms. The van der Waals surface area contributed by atoms with Crippen LogP contribution in [0.5, 0.6) is 17.4 Å². The molecule has 140 valence electrons. The number of nitrogens with zero attached hydrogens (tertiary/aromatic N) is 2. The van der Waals surface area contributed by atoms with Crippen molar-refractivity contribution in [3.05, 3.63) is 54.0 Å². The van der Waals surface area contributed by atoms with E-state index in [0.29, 0.717) is 5.56 Å². The SMILES string of the molecule is O=C(O)c1nn[nH]c1Oc1cccc(-c2ccc(OC(F)(F)F)c(F)c2)c1. The number of hydrogen-bond acceptors (Lipinski definition) is 5. The van der Waals surface area contributed by atoms with E-state index in [4.69, 9.17) is 9.84 Å². The number of alkyl halides is 3. The van der Waals surface area contributed by atoms with Crippen molar-refractivity contribution in [2.24, 2.45) is 0 Å². The van der Waals surface area contributed by atoms with Gasteiger partial charge in [-0.2, -0.15) is 0 Å². The average molecular weight is 383 g/mol. The second-order valence-electron chi connectivity index (χ2n) is 5.12. The smallest absolute Gasteiger partial charge is 0.476 e. The Labute approximate surface area is 148 Å². The summed E-state index contributed by atoms with van der Waals surface area (Å²) in [5, 5.41) is 17.9. The maximum atomic E-state index is 13.9. The predicted molar refractivity (Wildman–Crippen MR) is 81.9 cm³/mol. The number of hydrogen-bond donors (Lipinski definition) is 2. The van der Waals surface area contributed by atoms with Crippen LogP contribution in [0.3, 0.4) is 0 Å². The van der Waals surface area contributed by atoms with Gasteiger partial charge in [0, 0.05) is 0 Å². The van der Waals surface area contributed by atoms with Crippen LogP contribution in [0, 0.1) is 5.82 Å². The molecule has 7 nitrogen and oxygen atoms in total. The predicted octanol–water partition coefficient (Wildman–Crippen LogP) is 4.00. The van der Waals surface area contributed by atoms with Gasteiger partial charge in [0.25, 0.3) is 5.88 Å². The second kappa shape index (κ2) is 6.94. The molecule has 0 aliphatic carbocycles. The summed E-state index contributed by atoms with van der Waals surface area (Å²) in [4.78, 5) is 11.0. The molecule has 0 aliphatic heterocycles. The zero-order valence-corrected chi connectivity index (χ0v) is 13.1. The number of carboxylic acid groups (broad SMARTS) is 1. The number of rotatable bonds is 5. The van der Waals surface area contributed by atoms with Gasteiger partial charge in [-0.05, 0) is 35.4 Å². The molecule has 3 aromatic rings. The number of ether oxygens (including phenoxy) is 2. The Balaban J connectivity index is 1.86. The van der Waals surface area contributed by atoms with Crippen molar-refractivity contribution < 1.29 is 36.9 Å². The van der Waals surface area contributed by atoms with Crippen molar-refractivity contribution in [2.75, 3.05) is 0 Å². The van der Waals surface area contributed by atoms with Crippen LogP contribution < -0.4 is 9.47 Å². The summed E-state index contributed by atoms with van der Waals surface area (Å²) in [7, 11) is 0. The molecule has 0 saturated carbocycles. The highest BCUT2D eigenvalue weighted by atomic mass is 19.4. The molecule has 0 amide bonds. The molecule has 2 N–H and O–H groups in total. The molecule has 0 saturated heterocycles.